The van der Waals surface area contributed by atoms with Gasteiger partial charge in [0.2, 0.25) is 0 Å². The number of rotatable bonds is 29. The number of carbonyl (C=O) groups is 2. The molecular weight excluding hydrogens is 472 g/mol. The maximum absolute atomic E-state index is 12.5. The molecule has 0 heterocycles. The van der Waals surface area contributed by atoms with Crippen molar-refractivity contribution in [2.45, 2.75) is 180 Å². The number of aliphatic carboxylic acids is 1. The molecule has 4 heteroatoms. The maximum atomic E-state index is 12.5. The van der Waals surface area contributed by atoms with Gasteiger partial charge in [0, 0.05) is 12.8 Å². The molecule has 0 amide bonds. The highest BCUT2D eigenvalue weighted by atomic mass is 16.5. The van der Waals surface area contributed by atoms with Gasteiger partial charge in [-0.05, 0) is 70.6 Å². The Morgan fingerprint density at radius 2 is 1.03 bits per heavy atom. The Morgan fingerprint density at radius 3 is 1.63 bits per heavy atom. The SMILES string of the molecule is CCCCC/C=C\C/C=C\CCCCCCCC(=O)OC(CCCCCCCCC)CCCCCC(=O)O. The van der Waals surface area contributed by atoms with Crippen LogP contribution in [0.5, 0.6) is 0 Å². The third-order valence-electron chi connectivity index (χ3n) is 7.18. The first-order valence-electron chi connectivity index (χ1n) is 16.3. The van der Waals surface area contributed by atoms with E-state index in [1.54, 1.807) is 0 Å². The van der Waals surface area contributed by atoms with Crippen LogP contribution in [0.1, 0.15) is 174 Å². The van der Waals surface area contributed by atoms with E-state index in [4.69, 9.17) is 9.84 Å². The molecule has 0 rings (SSSR count). The minimum atomic E-state index is -0.728. The number of carboxylic acid groups (broad SMARTS) is 1. The van der Waals surface area contributed by atoms with Gasteiger partial charge >= 0.3 is 11.9 Å². The summed E-state index contributed by atoms with van der Waals surface area (Å²) in [6, 6.07) is 0. The Labute approximate surface area is 236 Å². The molecule has 4 nitrogen and oxygen atoms in total. The highest BCUT2D eigenvalue weighted by molar-refractivity contribution is 5.69. The first-order valence-corrected chi connectivity index (χ1v) is 16.3. The van der Waals surface area contributed by atoms with Gasteiger partial charge in [0.1, 0.15) is 6.10 Å². The van der Waals surface area contributed by atoms with Crippen LogP contribution in [0.25, 0.3) is 0 Å². The smallest absolute Gasteiger partial charge is 0.306 e. The maximum Gasteiger partial charge on any atom is 0.306 e. The average molecular weight is 535 g/mol. The number of unbranched alkanes of at least 4 members (excludes halogenated alkanes) is 16. The van der Waals surface area contributed by atoms with E-state index >= 15 is 0 Å². The lowest BCUT2D eigenvalue weighted by Gasteiger charge is -2.18. The van der Waals surface area contributed by atoms with Crippen LogP contribution in [0.3, 0.4) is 0 Å². The average Bonchev–Trinajstić information content (AvgIpc) is 2.89. The molecule has 1 N–H and O–H groups in total. The van der Waals surface area contributed by atoms with Crippen molar-refractivity contribution >= 4 is 11.9 Å². The van der Waals surface area contributed by atoms with Crippen LogP contribution >= 0.6 is 0 Å². The van der Waals surface area contributed by atoms with Crippen LogP contribution in [0, 0.1) is 0 Å². The van der Waals surface area contributed by atoms with Crippen molar-refractivity contribution in [3.05, 3.63) is 24.3 Å². The molecule has 0 spiro atoms. The zero-order valence-corrected chi connectivity index (χ0v) is 25.2. The molecule has 1 unspecified atom stereocenters. The number of allylic oxidation sites excluding steroid dienone is 4. The molecule has 0 aromatic heterocycles. The highest BCUT2D eigenvalue weighted by Gasteiger charge is 2.14. The van der Waals surface area contributed by atoms with E-state index in [1.165, 1.54) is 83.5 Å². The first kappa shape index (κ1) is 36.4. The minimum Gasteiger partial charge on any atom is -0.481 e. The highest BCUT2D eigenvalue weighted by Crippen LogP contribution is 2.18. The molecule has 0 fully saturated rings. The predicted octanol–water partition coefficient (Wildman–Crippen LogP) is 10.9. The largest absolute Gasteiger partial charge is 0.481 e. The van der Waals surface area contributed by atoms with Crippen molar-refractivity contribution in [1.82, 2.24) is 0 Å². The Kier molecular flexibility index (Phi) is 28.7. The monoisotopic (exact) mass is 534 g/mol. The van der Waals surface area contributed by atoms with Crippen LogP contribution < -0.4 is 0 Å². The molecule has 1 atom stereocenters. The standard InChI is InChI=1S/C34H62O4/c1-3-5-7-9-11-12-13-14-15-16-17-18-20-22-27-31-34(37)38-32(29-25-23-26-30-33(35)36)28-24-21-19-10-8-6-4-2/h11-12,14-15,32H,3-10,13,16-31H2,1-2H3,(H,35,36)/b12-11-,15-14-. The van der Waals surface area contributed by atoms with Crippen molar-refractivity contribution in [3.8, 4) is 0 Å². The minimum absolute atomic E-state index is 0.000873. The van der Waals surface area contributed by atoms with Crippen molar-refractivity contribution in [2.75, 3.05) is 0 Å². The number of ether oxygens (including phenoxy) is 1. The zero-order chi connectivity index (χ0) is 27.9. The lowest BCUT2D eigenvalue weighted by atomic mass is 10.0. The van der Waals surface area contributed by atoms with Gasteiger partial charge in [-0.1, -0.05) is 115 Å². The Hall–Kier alpha value is -1.58. The molecule has 0 radical (unpaired) electrons. The van der Waals surface area contributed by atoms with Crippen molar-refractivity contribution in [3.63, 3.8) is 0 Å². The fourth-order valence-electron chi connectivity index (χ4n) is 4.74. The summed E-state index contributed by atoms with van der Waals surface area (Å²) in [4.78, 5) is 23.2. The van der Waals surface area contributed by atoms with Crippen LogP contribution in [0.2, 0.25) is 0 Å². The summed E-state index contributed by atoms with van der Waals surface area (Å²) < 4.78 is 5.87. The Morgan fingerprint density at radius 1 is 0.579 bits per heavy atom. The van der Waals surface area contributed by atoms with Gasteiger partial charge in [-0.3, -0.25) is 9.59 Å². The van der Waals surface area contributed by atoms with Gasteiger partial charge in [0.15, 0.2) is 0 Å². The molecule has 0 aliphatic carbocycles. The van der Waals surface area contributed by atoms with Gasteiger partial charge in [-0.15, -0.1) is 0 Å². The number of hydrogen-bond donors (Lipinski definition) is 1. The first-order chi connectivity index (χ1) is 18.6. The van der Waals surface area contributed by atoms with E-state index in [0.29, 0.717) is 12.8 Å². The fourth-order valence-corrected chi connectivity index (χ4v) is 4.74. The molecule has 0 bridgehead atoms. The van der Waals surface area contributed by atoms with E-state index in [0.717, 1.165) is 57.8 Å². The predicted molar refractivity (Wildman–Crippen MR) is 163 cm³/mol. The zero-order valence-electron chi connectivity index (χ0n) is 25.2. The van der Waals surface area contributed by atoms with E-state index < -0.39 is 5.97 Å². The van der Waals surface area contributed by atoms with Gasteiger partial charge in [-0.25, -0.2) is 0 Å². The van der Waals surface area contributed by atoms with Crippen molar-refractivity contribution < 1.29 is 19.4 Å². The second kappa shape index (κ2) is 30.0. The quantitative estimate of drug-likeness (QED) is 0.0589. The molecular formula is C34H62O4. The van der Waals surface area contributed by atoms with E-state index in [9.17, 15) is 9.59 Å². The van der Waals surface area contributed by atoms with Crippen LogP contribution in [-0.4, -0.2) is 23.1 Å². The van der Waals surface area contributed by atoms with Gasteiger partial charge in [-0.2, -0.15) is 0 Å². The summed E-state index contributed by atoms with van der Waals surface area (Å²) in [6.07, 6.45) is 36.1. The fraction of sp³-hybridized carbons (Fsp3) is 0.824. The molecule has 0 aliphatic heterocycles. The topological polar surface area (TPSA) is 63.6 Å². The number of carboxylic acids is 1. The van der Waals surface area contributed by atoms with Crippen LogP contribution in [-0.2, 0) is 14.3 Å². The van der Waals surface area contributed by atoms with E-state index in [2.05, 4.69) is 38.2 Å². The third-order valence-corrected chi connectivity index (χ3v) is 7.18. The molecule has 222 valence electrons. The number of esters is 1. The lowest BCUT2D eigenvalue weighted by molar-refractivity contribution is -0.150. The van der Waals surface area contributed by atoms with Crippen LogP contribution in [0.4, 0.5) is 0 Å². The molecule has 0 aromatic carbocycles. The van der Waals surface area contributed by atoms with Crippen LogP contribution in [0.15, 0.2) is 24.3 Å². The van der Waals surface area contributed by atoms with E-state index in [-0.39, 0.29) is 18.5 Å². The second-order valence-corrected chi connectivity index (χ2v) is 11.0. The van der Waals surface area contributed by atoms with Crippen molar-refractivity contribution in [1.29, 1.82) is 0 Å². The summed E-state index contributed by atoms with van der Waals surface area (Å²) in [5.74, 6) is -0.775. The summed E-state index contributed by atoms with van der Waals surface area (Å²) in [5, 5.41) is 8.82. The normalized spacial score (nSPS) is 12.5. The third kappa shape index (κ3) is 29.0. The van der Waals surface area contributed by atoms with E-state index in [1.807, 2.05) is 0 Å². The van der Waals surface area contributed by atoms with Gasteiger partial charge in [0.25, 0.3) is 0 Å². The Balaban J connectivity index is 3.94. The number of hydrogen-bond acceptors (Lipinski definition) is 3. The van der Waals surface area contributed by atoms with Crippen molar-refractivity contribution in [2.24, 2.45) is 0 Å². The van der Waals surface area contributed by atoms with Gasteiger partial charge < -0.3 is 9.84 Å². The molecule has 0 saturated carbocycles. The summed E-state index contributed by atoms with van der Waals surface area (Å²) in [7, 11) is 0. The lowest BCUT2D eigenvalue weighted by Crippen LogP contribution is -2.18. The molecule has 0 aliphatic rings. The molecule has 38 heavy (non-hydrogen) atoms. The van der Waals surface area contributed by atoms with Gasteiger partial charge in [0.05, 0.1) is 0 Å². The molecule has 0 saturated heterocycles. The summed E-state index contributed by atoms with van der Waals surface area (Å²) >= 11 is 0. The molecule has 0 aromatic rings. The second-order valence-electron chi connectivity index (χ2n) is 11.0. The number of carbonyl (C=O) groups excluding carboxylic acids is 1. The Bertz CT molecular complexity index is 581. The summed E-state index contributed by atoms with van der Waals surface area (Å²) in [6.45, 7) is 4.48. The summed E-state index contributed by atoms with van der Waals surface area (Å²) in [5.41, 5.74) is 0.